The summed E-state index contributed by atoms with van der Waals surface area (Å²) in [6.07, 6.45) is 2.57. The van der Waals surface area contributed by atoms with Crippen molar-refractivity contribution in [1.29, 1.82) is 0 Å². The van der Waals surface area contributed by atoms with E-state index in [1.54, 1.807) is 0 Å². The van der Waals surface area contributed by atoms with Crippen LogP contribution >= 0.6 is 0 Å². The van der Waals surface area contributed by atoms with Crippen LogP contribution in [0.1, 0.15) is 18.4 Å². The van der Waals surface area contributed by atoms with Gasteiger partial charge in [0.1, 0.15) is 7.85 Å². The van der Waals surface area contributed by atoms with E-state index in [-0.39, 0.29) is 0 Å². The maximum atomic E-state index is 3.39. The van der Waals surface area contributed by atoms with Gasteiger partial charge >= 0.3 is 0 Å². The lowest BCUT2D eigenvalue weighted by atomic mass is 9.93. The van der Waals surface area contributed by atoms with Crippen LogP contribution in [-0.2, 0) is 5.54 Å². The third kappa shape index (κ3) is 1.16. The molecule has 1 aliphatic carbocycles. The summed E-state index contributed by atoms with van der Waals surface area (Å²) in [5.41, 5.74) is 3.11. The van der Waals surface area contributed by atoms with Gasteiger partial charge in [0, 0.05) is 5.54 Å². The highest BCUT2D eigenvalue weighted by Gasteiger charge is 2.42. The van der Waals surface area contributed by atoms with E-state index in [2.05, 4.69) is 37.4 Å². The van der Waals surface area contributed by atoms with E-state index in [0.717, 1.165) is 0 Å². The van der Waals surface area contributed by atoms with E-state index >= 15 is 0 Å². The standard InChI is InChI=1S/C10H14BN/c1-12-10(6-7-10)8-2-4-9(11)5-3-8/h2-5,12H,6-7,11H2,1H3. The zero-order chi connectivity index (χ0) is 8.60. The molecule has 0 unspecified atom stereocenters. The first-order chi connectivity index (χ1) is 5.77. The summed E-state index contributed by atoms with van der Waals surface area (Å²) < 4.78 is 0. The fraction of sp³-hybridized carbons (Fsp3) is 0.400. The Labute approximate surface area is 74.6 Å². The highest BCUT2D eigenvalue weighted by atomic mass is 15.0. The van der Waals surface area contributed by atoms with Crippen molar-refractivity contribution >= 4 is 13.3 Å². The van der Waals surface area contributed by atoms with E-state index < -0.39 is 0 Å². The zero-order valence-corrected chi connectivity index (χ0v) is 7.72. The maximum Gasteiger partial charge on any atom is 0.139 e. The molecule has 1 N–H and O–H groups in total. The third-order valence-corrected chi connectivity index (χ3v) is 2.83. The van der Waals surface area contributed by atoms with E-state index in [1.165, 1.54) is 23.9 Å². The Balaban J connectivity index is 2.29. The summed E-state index contributed by atoms with van der Waals surface area (Å²) >= 11 is 0. The summed E-state index contributed by atoms with van der Waals surface area (Å²) in [7, 11) is 4.18. The van der Waals surface area contributed by atoms with Crippen molar-refractivity contribution in [2.45, 2.75) is 18.4 Å². The molecule has 1 fully saturated rings. The molecule has 2 rings (SSSR count). The van der Waals surface area contributed by atoms with Gasteiger partial charge in [0.25, 0.3) is 0 Å². The highest BCUT2D eigenvalue weighted by molar-refractivity contribution is 6.32. The minimum atomic E-state index is 0.327. The molecule has 0 radical (unpaired) electrons. The average Bonchev–Trinajstić information content (AvgIpc) is 2.86. The molecule has 0 spiro atoms. The van der Waals surface area contributed by atoms with Crippen LogP contribution in [0.25, 0.3) is 0 Å². The molecular weight excluding hydrogens is 145 g/mol. The molecule has 0 heterocycles. The van der Waals surface area contributed by atoms with Crippen LogP contribution in [0, 0.1) is 0 Å². The second kappa shape index (κ2) is 2.63. The zero-order valence-electron chi connectivity index (χ0n) is 7.72. The molecular formula is C10H14BN. The van der Waals surface area contributed by atoms with E-state index in [4.69, 9.17) is 0 Å². The molecule has 0 amide bonds. The van der Waals surface area contributed by atoms with Gasteiger partial charge in [-0.05, 0) is 25.5 Å². The Morgan fingerprint density at radius 1 is 1.25 bits per heavy atom. The molecule has 0 atom stereocenters. The Morgan fingerprint density at radius 2 is 1.83 bits per heavy atom. The average molecular weight is 159 g/mol. The second-order valence-corrected chi connectivity index (χ2v) is 3.70. The van der Waals surface area contributed by atoms with Crippen LogP contribution in [0.4, 0.5) is 0 Å². The minimum absolute atomic E-state index is 0.327. The molecule has 12 heavy (non-hydrogen) atoms. The predicted octanol–water partition coefficient (Wildman–Crippen LogP) is 0.153. The second-order valence-electron chi connectivity index (χ2n) is 3.70. The van der Waals surface area contributed by atoms with Crippen molar-refractivity contribution in [1.82, 2.24) is 5.32 Å². The Bertz CT molecular complexity index is 274. The molecule has 0 bridgehead atoms. The third-order valence-electron chi connectivity index (χ3n) is 2.83. The summed E-state index contributed by atoms with van der Waals surface area (Å²) in [5.74, 6) is 0. The molecule has 0 aromatic heterocycles. The molecule has 0 saturated heterocycles. The van der Waals surface area contributed by atoms with Gasteiger partial charge in [-0.15, -0.1) is 0 Å². The molecule has 1 aromatic carbocycles. The van der Waals surface area contributed by atoms with Gasteiger partial charge in [-0.3, -0.25) is 0 Å². The molecule has 1 aliphatic rings. The number of hydrogen-bond acceptors (Lipinski definition) is 1. The van der Waals surface area contributed by atoms with Gasteiger partial charge < -0.3 is 5.32 Å². The fourth-order valence-corrected chi connectivity index (χ4v) is 1.68. The van der Waals surface area contributed by atoms with E-state index in [9.17, 15) is 0 Å². The van der Waals surface area contributed by atoms with E-state index in [0.29, 0.717) is 5.54 Å². The lowest BCUT2D eigenvalue weighted by molar-refractivity contribution is 0.586. The Hall–Kier alpha value is -0.755. The van der Waals surface area contributed by atoms with Crippen LogP contribution in [0.3, 0.4) is 0 Å². The highest BCUT2D eigenvalue weighted by Crippen LogP contribution is 2.44. The maximum absolute atomic E-state index is 3.39. The summed E-state index contributed by atoms with van der Waals surface area (Å²) in [6, 6.07) is 8.84. The van der Waals surface area contributed by atoms with Gasteiger partial charge in [0.15, 0.2) is 0 Å². The van der Waals surface area contributed by atoms with Gasteiger partial charge in [-0.25, -0.2) is 0 Å². The van der Waals surface area contributed by atoms with Crippen molar-refractivity contribution in [2.75, 3.05) is 7.05 Å². The number of benzene rings is 1. The number of nitrogens with one attached hydrogen (secondary N) is 1. The number of rotatable bonds is 2. The molecule has 1 saturated carbocycles. The molecule has 2 heteroatoms. The first kappa shape index (κ1) is 7.87. The van der Waals surface area contributed by atoms with Crippen molar-refractivity contribution < 1.29 is 0 Å². The summed E-state index contributed by atoms with van der Waals surface area (Å²) in [4.78, 5) is 0. The van der Waals surface area contributed by atoms with Crippen molar-refractivity contribution in [3.63, 3.8) is 0 Å². The molecule has 62 valence electrons. The fourth-order valence-electron chi connectivity index (χ4n) is 1.68. The minimum Gasteiger partial charge on any atom is -0.310 e. The van der Waals surface area contributed by atoms with Crippen molar-refractivity contribution in [2.24, 2.45) is 0 Å². The SMILES string of the molecule is Bc1ccc(C2(NC)CC2)cc1. The van der Waals surface area contributed by atoms with Gasteiger partial charge in [-0.1, -0.05) is 29.7 Å². The van der Waals surface area contributed by atoms with E-state index in [1.807, 2.05) is 7.05 Å². The van der Waals surface area contributed by atoms with Crippen LogP contribution in [0.5, 0.6) is 0 Å². The lowest BCUT2D eigenvalue weighted by Crippen LogP contribution is -2.24. The monoisotopic (exact) mass is 159 g/mol. The van der Waals surface area contributed by atoms with Gasteiger partial charge in [0.05, 0.1) is 0 Å². The van der Waals surface area contributed by atoms with Crippen molar-refractivity contribution in [3.8, 4) is 0 Å². The van der Waals surface area contributed by atoms with Crippen LogP contribution in [0.15, 0.2) is 24.3 Å². The van der Waals surface area contributed by atoms with Gasteiger partial charge in [-0.2, -0.15) is 0 Å². The number of hydrogen-bond donors (Lipinski definition) is 1. The van der Waals surface area contributed by atoms with Crippen LogP contribution in [0.2, 0.25) is 0 Å². The summed E-state index contributed by atoms with van der Waals surface area (Å²) in [6.45, 7) is 0. The largest absolute Gasteiger partial charge is 0.310 e. The topological polar surface area (TPSA) is 12.0 Å². The molecule has 0 aliphatic heterocycles. The molecule has 1 nitrogen and oxygen atoms in total. The quantitative estimate of drug-likeness (QED) is 0.606. The Kier molecular flexibility index (Phi) is 1.73. The van der Waals surface area contributed by atoms with Crippen LogP contribution in [-0.4, -0.2) is 14.9 Å². The molecule has 1 aromatic rings. The Morgan fingerprint density at radius 3 is 2.25 bits per heavy atom. The van der Waals surface area contributed by atoms with Gasteiger partial charge in [0.2, 0.25) is 0 Å². The first-order valence-corrected chi connectivity index (χ1v) is 4.53. The first-order valence-electron chi connectivity index (χ1n) is 4.53. The summed E-state index contributed by atoms with van der Waals surface area (Å²) in [5, 5.41) is 3.39. The lowest BCUT2D eigenvalue weighted by Gasteiger charge is -2.14. The predicted molar refractivity (Wildman–Crippen MR) is 54.6 cm³/mol. The smallest absolute Gasteiger partial charge is 0.139 e. The van der Waals surface area contributed by atoms with Crippen LogP contribution < -0.4 is 10.8 Å². The van der Waals surface area contributed by atoms with Crippen molar-refractivity contribution in [3.05, 3.63) is 29.8 Å². The normalized spacial score (nSPS) is 19.1.